The van der Waals surface area contributed by atoms with Crippen LogP contribution >= 0.6 is 11.6 Å². The predicted molar refractivity (Wildman–Crippen MR) is 114 cm³/mol. The van der Waals surface area contributed by atoms with Crippen molar-refractivity contribution in [3.05, 3.63) is 87.8 Å². The first-order chi connectivity index (χ1) is 14.5. The van der Waals surface area contributed by atoms with Gasteiger partial charge in [-0.15, -0.1) is 0 Å². The Morgan fingerprint density at radius 3 is 2.70 bits per heavy atom. The van der Waals surface area contributed by atoms with Gasteiger partial charge in [-0.2, -0.15) is 4.98 Å². The van der Waals surface area contributed by atoms with Gasteiger partial charge in [-0.3, -0.25) is 9.59 Å². The van der Waals surface area contributed by atoms with Gasteiger partial charge < -0.3 is 14.4 Å². The van der Waals surface area contributed by atoms with E-state index in [-0.39, 0.29) is 23.9 Å². The molecule has 2 aromatic heterocycles. The number of hydrogen-bond donors (Lipinski definition) is 1. The van der Waals surface area contributed by atoms with Gasteiger partial charge in [-0.05, 0) is 36.8 Å². The predicted octanol–water partition coefficient (Wildman–Crippen LogP) is 4.17. The van der Waals surface area contributed by atoms with Crippen molar-refractivity contribution in [1.29, 1.82) is 0 Å². The van der Waals surface area contributed by atoms with Crippen LogP contribution < -0.4 is 10.9 Å². The maximum atomic E-state index is 12.8. The molecule has 2 heterocycles. The maximum Gasteiger partial charge on any atom is 0.263 e. The van der Waals surface area contributed by atoms with Gasteiger partial charge in [-0.1, -0.05) is 53.2 Å². The Bertz CT molecular complexity index is 1260. The number of aryl methyl sites for hydroxylation is 1. The van der Waals surface area contributed by atoms with Crippen LogP contribution in [-0.4, -0.2) is 20.6 Å². The summed E-state index contributed by atoms with van der Waals surface area (Å²) in [7, 11) is 0. The number of halogens is 1. The number of carbonyl (C=O) groups excluding carboxylic acids is 1. The van der Waals surface area contributed by atoms with Crippen LogP contribution in [0.1, 0.15) is 5.56 Å². The summed E-state index contributed by atoms with van der Waals surface area (Å²) in [5.41, 5.74) is 2.06. The molecule has 4 aromatic rings. The molecule has 0 spiro atoms. The van der Waals surface area contributed by atoms with Gasteiger partial charge in [0, 0.05) is 22.5 Å². The molecule has 0 aliphatic heterocycles. The summed E-state index contributed by atoms with van der Waals surface area (Å²) < 4.78 is 6.56. The number of anilines is 1. The minimum absolute atomic E-state index is 0.0962. The summed E-state index contributed by atoms with van der Waals surface area (Å²) in [4.78, 5) is 29.5. The summed E-state index contributed by atoms with van der Waals surface area (Å²) >= 11 is 6.09. The molecule has 30 heavy (non-hydrogen) atoms. The molecule has 4 rings (SSSR count). The molecular formula is C22H17ClN4O3. The molecule has 0 saturated carbocycles. The van der Waals surface area contributed by atoms with Gasteiger partial charge in [0.25, 0.3) is 11.4 Å². The van der Waals surface area contributed by atoms with Crippen molar-refractivity contribution in [2.75, 3.05) is 5.32 Å². The number of amides is 1. The van der Waals surface area contributed by atoms with Crippen molar-refractivity contribution in [3.63, 3.8) is 0 Å². The molecule has 1 N–H and O–H groups in total. The highest BCUT2D eigenvalue weighted by molar-refractivity contribution is 6.31. The van der Waals surface area contributed by atoms with E-state index in [1.165, 1.54) is 10.8 Å². The summed E-state index contributed by atoms with van der Waals surface area (Å²) in [6, 6.07) is 17.8. The number of rotatable bonds is 5. The van der Waals surface area contributed by atoms with E-state index in [4.69, 9.17) is 16.1 Å². The number of benzene rings is 2. The number of nitrogens with one attached hydrogen (secondary N) is 1. The normalized spacial score (nSPS) is 10.7. The van der Waals surface area contributed by atoms with Gasteiger partial charge in [0.1, 0.15) is 12.1 Å². The van der Waals surface area contributed by atoms with Crippen molar-refractivity contribution in [1.82, 2.24) is 14.7 Å². The Morgan fingerprint density at radius 2 is 1.93 bits per heavy atom. The Morgan fingerprint density at radius 1 is 1.13 bits per heavy atom. The standard InChI is InChI=1S/C22H17ClN4O3/c1-14-9-10-16(12-18(14)23)24-19(28)13-27-11-5-8-17(22(27)29)21-25-20(26-30-21)15-6-3-2-4-7-15/h2-12H,13H2,1H3,(H,24,28). The number of nitrogens with zero attached hydrogens (tertiary/aromatic N) is 3. The SMILES string of the molecule is Cc1ccc(NC(=O)Cn2cccc(-c3nc(-c4ccccc4)no3)c2=O)cc1Cl. The van der Waals surface area contributed by atoms with Gasteiger partial charge in [-0.25, -0.2) is 0 Å². The molecule has 0 atom stereocenters. The second-order valence-electron chi connectivity index (χ2n) is 6.66. The molecule has 0 saturated heterocycles. The third kappa shape index (κ3) is 4.16. The fourth-order valence-electron chi connectivity index (χ4n) is 2.89. The lowest BCUT2D eigenvalue weighted by Crippen LogP contribution is -2.28. The average Bonchev–Trinajstić information content (AvgIpc) is 3.23. The molecule has 150 valence electrons. The van der Waals surface area contributed by atoms with Crippen molar-refractivity contribution in [2.24, 2.45) is 0 Å². The summed E-state index contributed by atoms with van der Waals surface area (Å²) in [6.45, 7) is 1.71. The lowest BCUT2D eigenvalue weighted by atomic mass is 10.2. The first kappa shape index (κ1) is 19.6. The van der Waals surface area contributed by atoms with Crippen LogP contribution in [0, 0.1) is 6.92 Å². The summed E-state index contributed by atoms with van der Waals surface area (Å²) in [5.74, 6) is 0.123. The lowest BCUT2D eigenvalue weighted by molar-refractivity contribution is -0.116. The van der Waals surface area contributed by atoms with Gasteiger partial charge in [0.2, 0.25) is 11.7 Å². The van der Waals surface area contributed by atoms with E-state index in [2.05, 4.69) is 15.5 Å². The highest BCUT2D eigenvalue weighted by Crippen LogP contribution is 2.21. The second-order valence-corrected chi connectivity index (χ2v) is 7.06. The van der Waals surface area contributed by atoms with Crippen LogP contribution in [0.4, 0.5) is 5.69 Å². The van der Waals surface area contributed by atoms with Crippen molar-refractivity contribution in [2.45, 2.75) is 13.5 Å². The zero-order chi connectivity index (χ0) is 21.1. The fraction of sp³-hybridized carbons (Fsp3) is 0.0909. The molecule has 7 nitrogen and oxygen atoms in total. The van der Waals surface area contributed by atoms with E-state index in [1.807, 2.05) is 43.3 Å². The molecule has 0 unspecified atom stereocenters. The quantitative estimate of drug-likeness (QED) is 0.523. The Hall–Kier alpha value is -3.71. The molecule has 0 radical (unpaired) electrons. The minimum atomic E-state index is -0.405. The number of hydrogen-bond acceptors (Lipinski definition) is 5. The average molecular weight is 421 g/mol. The Labute approximate surface area is 176 Å². The van der Waals surface area contributed by atoms with E-state index in [1.54, 1.807) is 24.3 Å². The van der Waals surface area contributed by atoms with E-state index in [9.17, 15) is 9.59 Å². The van der Waals surface area contributed by atoms with Gasteiger partial charge in [0.15, 0.2) is 0 Å². The van der Waals surface area contributed by atoms with Crippen LogP contribution in [0.15, 0.2) is 76.2 Å². The molecule has 0 fully saturated rings. The molecule has 8 heteroatoms. The summed E-state index contributed by atoms with van der Waals surface area (Å²) in [5, 5.41) is 7.23. The first-order valence-electron chi connectivity index (χ1n) is 9.16. The van der Waals surface area contributed by atoms with E-state index in [0.717, 1.165) is 11.1 Å². The zero-order valence-electron chi connectivity index (χ0n) is 16.0. The molecule has 0 aliphatic rings. The van der Waals surface area contributed by atoms with Crippen LogP contribution in [-0.2, 0) is 11.3 Å². The van der Waals surface area contributed by atoms with E-state index >= 15 is 0 Å². The number of aromatic nitrogens is 3. The van der Waals surface area contributed by atoms with E-state index in [0.29, 0.717) is 16.5 Å². The highest BCUT2D eigenvalue weighted by atomic mass is 35.5. The zero-order valence-corrected chi connectivity index (χ0v) is 16.8. The van der Waals surface area contributed by atoms with Crippen molar-refractivity contribution < 1.29 is 9.32 Å². The van der Waals surface area contributed by atoms with Crippen molar-refractivity contribution >= 4 is 23.2 Å². The van der Waals surface area contributed by atoms with Crippen LogP contribution in [0.5, 0.6) is 0 Å². The lowest BCUT2D eigenvalue weighted by Gasteiger charge is -2.09. The summed E-state index contributed by atoms with van der Waals surface area (Å²) in [6.07, 6.45) is 1.53. The highest BCUT2D eigenvalue weighted by Gasteiger charge is 2.16. The van der Waals surface area contributed by atoms with Crippen molar-refractivity contribution in [3.8, 4) is 22.8 Å². The molecule has 0 bridgehead atoms. The van der Waals surface area contributed by atoms with Crippen LogP contribution in [0.2, 0.25) is 5.02 Å². The number of carbonyl (C=O) groups is 1. The maximum absolute atomic E-state index is 12.8. The minimum Gasteiger partial charge on any atom is -0.333 e. The largest absolute Gasteiger partial charge is 0.333 e. The smallest absolute Gasteiger partial charge is 0.263 e. The van der Waals surface area contributed by atoms with E-state index < -0.39 is 5.56 Å². The van der Waals surface area contributed by atoms with Gasteiger partial charge in [0.05, 0.1) is 0 Å². The van der Waals surface area contributed by atoms with Crippen LogP contribution in [0.3, 0.4) is 0 Å². The first-order valence-corrected chi connectivity index (χ1v) is 9.54. The van der Waals surface area contributed by atoms with Crippen LogP contribution in [0.25, 0.3) is 22.8 Å². The molecular weight excluding hydrogens is 404 g/mol. The fourth-order valence-corrected chi connectivity index (χ4v) is 3.07. The molecule has 2 aromatic carbocycles. The number of pyridine rings is 1. The third-order valence-corrected chi connectivity index (χ3v) is 4.89. The Kier molecular flexibility index (Phi) is 5.45. The molecule has 1 amide bonds. The monoisotopic (exact) mass is 420 g/mol. The Balaban J connectivity index is 1.55. The van der Waals surface area contributed by atoms with Gasteiger partial charge >= 0.3 is 0 Å². The topological polar surface area (TPSA) is 90.0 Å². The molecule has 0 aliphatic carbocycles. The second kappa shape index (κ2) is 8.34. The third-order valence-electron chi connectivity index (χ3n) is 4.48.